The molecule has 0 radical (unpaired) electrons. The van der Waals surface area contributed by atoms with Crippen LogP contribution in [0.1, 0.15) is 17.5 Å². The summed E-state index contributed by atoms with van der Waals surface area (Å²) in [6.45, 7) is 1.55. The Kier molecular flexibility index (Phi) is 6.23. The molecule has 0 saturated heterocycles. The second-order valence-corrected chi connectivity index (χ2v) is 9.27. The number of nitrogens with zero attached hydrogens (tertiary/aromatic N) is 1. The van der Waals surface area contributed by atoms with Crippen molar-refractivity contribution in [3.8, 4) is 0 Å². The fourth-order valence-corrected chi connectivity index (χ4v) is 4.56. The van der Waals surface area contributed by atoms with Gasteiger partial charge >= 0.3 is 16.1 Å². The highest BCUT2D eigenvalue weighted by Gasteiger charge is 2.24. The van der Waals surface area contributed by atoms with E-state index in [0.717, 1.165) is 10.3 Å². The van der Waals surface area contributed by atoms with Gasteiger partial charge in [0, 0.05) is 22.9 Å². The number of hydrogen-bond acceptors (Lipinski definition) is 5. The van der Waals surface area contributed by atoms with Crippen molar-refractivity contribution >= 4 is 67.1 Å². The molecule has 1 unspecified atom stereocenters. The minimum Gasteiger partial charge on any atom is -0.480 e. The fourth-order valence-electron chi connectivity index (χ4n) is 2.66. The summed E-state index contributed by atoms with van der Waals surface area (Å²) in [6.07, 6.45) is 3.56. The number of nitrogens with one attached hydrogen (secondary N) is 1. The van der Waals surface area contributed by atoms with Crippen LogP contribution in [0.15, 0.2) is 42.5 Å². The number of fused-ring (bicyclic) bond motifs is 1. The van der Waals surface area contributed by atoms with Crippen LogP contribution in [0.5, 0.6) is 0 Å². The second kappa shape index (κ2) is 8.50. The van der Waals surface area contributed by atoms with Crippen LogP contribution < -0.4 is 9.88 Å². The zero-order valence-corrected chi connectivity index (χ0v) is 17.6. The predicted molar refractivity (Wildman–Crippen MR) is 115 cm³/mol. The zero-order chi connectivity index (χ0) is 21.2. The number of hydrogen-bond donors (Lipinski definition) is 3. The van der Waals surface area contributed by atoms with Crippen LogP contribution in [0.3, 0.4) is 0 Å². The number of anilines is 1. The first kappa shape index (κ1) is 21.3. The SMILES string of the molecule is CC(Nc1ccc(/C=C/c2sc3ccc(Cl)cc3[n+]2CS(=O)(=O)O)cc1)C(=O)O. The Bertz CT molecular complexity index is 1190. The molecule has 1 aromatic heterocycles. The molecule has 0 aliphatic carbocycles. The van der Waals surface area contributed by atoms with E-state index in [9.17, 15) is 17.8 Å². The summed E-state index contributed by atoms with van der Waals surface area (Å²) in [5, 5.41) is 12.9. The number of aliphatic carboxylic acids is 1. The molecule has 0 amide bonds. The Morgan fingerprint density at radius 2 is 1.93 bits per heavy atom. The largest absolute Gasteiger partial charge is 0.480 e. The van der Waals surface area contributed by atoms with E-state index in [1.807, 2.05) is 12.1 Å². The van der Waals surface area contributed by atoms with E-state index in [1.54, 1.807) is 49.4 Å². The highest BCUT2D eigenvalue weighted by Crippen LogP contribution is 2.25. The van der Waals surface area contributed by atoms with Gasteiger partial charge in [-0.2, -0.15) is 13.0 Å². The van der Waals surface area contributed by atoms with Crippen molar-refractivity contribution in [2.24, 2.45) is 0 Å². The maximum absolute atomic E-state index is 11.5. The molecule has 152 valence electrons. The third-order valence-electron chi connectivity index (χ3n) is 4.07. The van der Waals surface area contributed by atoms with E-state index in [0.29, 0.717) is 21.2 Å². The van der Waals surface area contributed by atoms with Crippen LogP contribution in [-0.2, 0) is 20.8 Å². The number of aromatic nitrogens is 1. The Balaban J connectivity index is 1.90. The van der Waals surface area contributed by atoms with Crippen molar-refractivity contribution in [2.75, 3.05) is 5.32 Å². The van der Waals surface area contributed by atoms with E-state index in [2.05, 4.69) is 5.32 Å². The van der Waals surface area contributed by atoms with Gasteiger partial charge in [0.15, 0.2) is 0 Å². The van der Waals surface area contributed by atoms with Crippen LogP contribution >= 0.6 is 22.9 Å². The highest BCUT2D eigenvalue weighted by atomic mass is 35.5. The average Bonchev–Trinajstić information content (AvgIpc) is 2.96. The van der Waals surface area contributed by atoms with Crippen molar-refractivity contribution in [2.45, 2.75) is 18.8 Å². The van der Waals surface area contributed by atoms with E-state index >= 15 is 0 Å². The van der Waals surface area contributed by atoms with Crippen LogP contribution in [0.25, 0.3) is 22.4 Å². The predicted octanol–water partition coefficient (Wildman–Crippen LogP) is 3.74. The van der Waals surface area contributed by atoms with Gasteiger partial charge in [-0.25, -0.2) is 0 Å². The number of carboxylic acid groups (broad SMARTS) is 1. The Morgan fingerprint density at radius 3 is 2.55 bits per heavy atom. The summed E-state index contributed by atoms with van der Waals surface area (Å²) in [7, 11) is -4.24. The Labute approximate surface area is 176 Å². The first-order valence-corrected chi connectivity index (χ1v) is 11.3. The van der Waals surface area contributed by atoms with E-state index in [4.69, 9.17) is 16.7 Å². The maximum Gasteiger partial charge on any atom is 0.326 e. The third kappa shape index (κ3) is 5.54. The molecule has 0 aliphatic rings. The van der Waals surface area contributed by atoms with Gasteiger partial charge in [0.25, 0.3) is 10.9 Å². The molecule has 7 nitrogen and oxygen atoms in total. The van der Waals surface area contributed by atoms with Gasteiger partial charge in [0.05, 0.1) is 0 Å². The van der Waals surface area contributed by atoms with Crippen LogP contribution in [0, 0.1) is 0 Å². The molecule has 1 heterocycles. The molecule has 0 spiro atoms. The van der Waals surface area contributed by atoms with Gasteiger partial charge in [-0.15, -0.1) is 0 Å². The molecule has 0 aliphatic heterocycles. The first-order valence-electron chi connectivity index (χ1n) is 8.47. The van der Waals surface area contributed by atoms with Crippen molar-refractivity contribution in [3.05, 3.63) is 58.1 Å². The van der Waals surface area contributed by atoms with Gasteiger partial charge in [-0.3, -0.25) is 9.35 Å². The molecule has 0 saturated carbocycles. The molecule has 2 aromatic carbocycles. The Hall–Kier alpha value is -2.46. The van der Waals surface area contributed by atoms with Crippen LogP contribution in [0.4, 0.5) is 5.69 Å². The lowest BCUT2D eigenvalue weighted by Crippen LogP contribution is -2.38. The molecular weight excluding hydrogens is 436 g/mol. The Morgan fingerprint density at radius 1 is 1.24 bits per heavy atom. The van der Waals surface area contributed by atoms with Crippen molar-refractivity contribution < 1.29 is 27.4 Å². The molecule has 3 aromatic rings. The number of halogens is 1. The molecule has 10 heteroatoms. The van der Waals surface area contributed by atoms with Crippen molar-refractivity contribution in [3.63, 3.8) is 0 Å². The van der Waals surface area contributed by atoms with E-state index < -0.39 is 28.0 Å². The number of carbonyl (C=O) groups is 1. The van der Waals surface area contributed by atoms with Gasteiger partial charge in [-0.1, -0.05) is 35.1 Å². The van der Waals surface area contributed by atoms with Crippen molar-refractivity contribution in [1.29, 1.82) is 0 Å². The number of thiazole rings is 1. The van der Waals surface area contributed by atoms with Gasteiger partial charge in [0.1, 0.15) is 10.7 Å². The van der Waals surface area contributed by atoms with Crippen LogP contribution in [-0.4, -0.2) is 30.1 Å². The summed E-state index contributed by atoms with van der Waals surface area (Å²) in [6, 6.07) is 11.6. The maximum atomic E-state index is 11.5. The van der Waals surface area contributed by atoms with Gasteiger partial charge < -0.3 is 10.4 Å². The molecular formula is C19H18ClN2O5S2+. The second-order valence-electron chi connectivity index (χ2n) is 6.35. The lowest BCUT2D eigenvalue weighted by atomic mass is 10.2. The summed E-state index contributed by atoms with van der Waals surface area (Å²) in [5.41, 5.74) is 2.13. The minimum absolute atomic E-state index is 0.466. The fraction of sp³-hybridized carbons (Fsp3) is 0.158. The number of carboxylic acids is 1. The minimum atomic E-state index is -4.24. The average molecular weight is 454 g/mol. The standard InChI is InChI=1S/C19H17ClN2O5S2/c1-12(19(23)24)21-15-6-2-13(3-7-15)4-9-18-22(11-29(25,26)27)16-10-14(20)5-8-17(16)28-18/h2-10,12H,11H2,1H3,(H2,23,24,25,26,27)/p+1. The molecule has 3 N–H and O–H groups in total. The normalized spacial score (nSPS) is 13.1. The topological polar surface area (TPSA) is 108 Å². The monoisotopic (exact) mass is 453 g/mol. The molecule has 0 bridgehead atoms. The number of rotatable bonds is 7. The smallest absolute Gasteiger partial charge is 0.326 e. The summed E-state index contributed by atoms with van der Waals surface area (Å²) in [5.74, 6) is -1.52. The molecule has 1 atom stereocenters. The first-order chi connectivity index (χ1) is 13.6. The molecule has 29 heavy (non-hydrogen) atoms. The lowest BCUT2D eigenvalue weighted by Gasteiger charge is -2.10. The molecule has 0 fully saturated rings. The zero-order valence-electron chi connectivity index (χ0n) is 15.2. The summed E-state index contributed by atoms with van der Waals surface area (Å²) in [4.78, 5) is 10.9. The van der Waals surface area contributed by atoms with E-state index in [-0.39, 0.29) is 0 Å². The summed E-state index contributed by atoms with van der Waals surface area (Å²) >= 11 is 7.40. The third-order valence-corrected chi connectivity index (χ3v) is 6.02. The van der Waals surface area contributed by atoms with Crippen LogP contribution in [0.2, 0.25) is 5.02 Å². The number of benzene rings is 2. The van der Waals surface area contributed by atoms with Crippen molar-refractivity contribution in [1.82, 2.24) is 0 Å². The highest BCUT2D eigenvalue weighted by molar-refractivity contribution is 7.84. The quantitative estimate of drug-likeness (QED) is 0.371. The molecule has 3 rings (SSSR count). The van der Waals surface area contributed by atoms with Gasteiger partial charge in [-0.05, 0) is 42.8 Å². The lowest BCUT2D eigenvalue weighted by molar-refractivity contribution is -0.649. The summed E-state index contributed by atoms with van der Waals surface area (Å²) < 4.78 is 34.6. The van der Waals surface area contributed by atoms with E-state index in [1.165, 1.54) is 15.9 Å². The van der Waals surface area contributed by atoms with Gasteiger partial charge in [0.2, 0.25) is 5.52 Å².